The number of halogens is 2. The van der Waals surface area contributed by atoms with Gasteiger partial charge in [0.2, 0.25) is 5.91 Å². The third-order valence-corrected chi connectivity index (χ3v) is 4.84. The van der Waals surface area contributed by atoms with Crippen molar-refractivity contribution < 1.29 is 14.0 Å². The molecular weight excluding hydrogens is 345 g/mol. The number of nitrogens with zero attached hydrogens (tertiary/aromatic N) is 2. The zero-order valence-electron chi connectivity index (χ0n) is 15.0. The minimum atomic E-state index is -0.497. The van der Waals surface area contributed by atoms with E-state index < -0.39 is 6.04 Å². The first-order valence-corrected chi connectivity index (χ1v) is 8.45. The smallest absolute Gasteiger partial charge is 0.254 e. The molecule has 2 N–H and O–H groups in total. The second-order valence-corrected chi connectivity index (χ2v) is 6.49. The summed E-state index contributed by atoms with van der Waals surface area (Å²) in [5.74, 6) is -0.507. The number of carbonyl (C=O) groups excluding carboxylic acids is 2. The van der Waals surface area contributed by atoms with Crippen LogP contribution in [0.3, 0.4) is 0 Å². The largest absolute Gasteiger partial charge is 0.338 e. The van der Waals surface area contributed by atoms with Crippen LogP contribution >= 0.6 is 12.4 Å². The molecule has 1 saturated heterocycles. The Balaban J connectivity index is 0.00000312. The van der Waals surface area contributed by atoms with Gasteiger partial charge in [0, 0.05) is 31.7 Å². The summed E-state index contributed by atoms with van der Waals surface area (Å²) in [6.07, 6.45) is 0.852. The lowest BCUT2D eigenvalue weighted by Crippen LogP contribution is -2.55. The van der Waals surface area contributed by atoms with Crippen molar-refractivity contribution >= 4 is 24.2 Å². The molecule has 0 saturated carbocycles. The van der Waals surface area contributed by atoms with Gasteiger partial charge in [-0.05, 0) is 30.5 Å². The SMILES string of the molecule is CCC(C)C(N)C(=O)N1CCN(C(=O)c2ccc(C)c(F)c2)CC1.Cl. The first-order valence-electron chi connectivity index (χ1n) is 8.45. The Hall–Kier alpha value is -1.66. The number of piperazine rings is 1. The molecule has 1 aliphatic heterocycles. The average molecular weight is 372 g/mol. The quantitative estimate of drug-likeness (QED) is 0.882. The summed E-state index contributed by atoms with van der Waals surface area (Å²) in [6.45, 7) is 7.44. The molecule has 1 aromatic rings. The van der Waals surface area contributed by atoms with Gasteiger partial charge in [0.1, 0.15) is 5.82 Å². The number of hydrogen-bond donors (Lipinski definition) is 1. The molecule has 140 valence electrons. The fraction of sp³-hybridized carbons (Fsp3) is 0.556. The van der Waals surface area contributed by atoms with Crippen LogP contribution in [0, 0.1) is 18.7 Å². The predicted molar refractivity (Wildman–Crippen MR) is 98.3 cm³/mol. The van der Waals surface area contributed by atoms with Gasteiger partial charge in [0.25, 0.3) is 5.91 Å². The summed E-state index contributed by atoms with van der Waals surface area (Å²) in [5.41, 5.74) is 6.86. The van der Waals surface area contributed by atoms with Crippen molar-refractivity contribution in [3.63, 3.8) is 0 Å². The maximum Gasteiger partial charge on any atom is 0.254 e. The van der Waals surface area contributed by atoms with Crippen LogP contribution in [0.4, 0.5) is 4.39 Å². The summed E-state index contributed by atoms with van der Waals surface area (Å²) in [4.78, 5) is 28.2. The fourth-order valence-corrected chi connectivity index (χ4v) is 2.75. The molecule has 1 aromatic carbocycles. The average Bonchev–Trinajstić information content (AvgIpc) is 2.61. The Morgan fingerprint density at radius 1 is 1.20 bits per heavy atom. The Kier molecular flexibility index (Phi) is 7.83. The van der Waals surface area contributed by atoms with Crippen molar-refractivity contribution in [3.8, 4) is 0 Å². The molecule has 5 nitrogen and oxygen atoms in total. The lowest BCUT2D eigenvalue weighted by atomic mass is 9.98. The summed E-state index contributed by atoms with van der Waals surface area (Å²) in [6, 6.07) is 4.02. The van der Waals surface area contributed by atoms with Crippen molar-refractivity contribution in [2.24, 2.45) is 11.7 Å². The van der Waals surface area contributed by atoms with Crippen LogP contribution in [0.2, 0.25) is 0 Å². The molecule has 0 bridgehead atoms. The van der Waals surface area contributed by atoms with E-state index in [0.717, 1.165) is 6.42 Å². The summed E-state index contributed by atoms with van der Waals surface area (Å²) >= 11 is 0. The summed E-state index contributed by atoms with van der Waals surface area (Å²) in [7, 11) is 0. The van der Waals surface area contributed by atoms with Gasteiger partial charge in [0.05, 0.1) is 6.04 Å². The van der Waals surface area contributed by atoms with E-state index in [9.17, 15) is 14.0 Å². The number of hydrogen-bond acceptors (Lipinski definition) is 3. The number of rotatable bonds is 4. The van der Waals surface area contributed by atoms with E-state index in [1.807, 2.05) is 13.8 Å². The van der Waals surface area contributed by atoms with Crippen molar-refractivity contribution in [3.05, 3.63) is 35.1 Å². The highest BCUT2D eigenvalue weighted by Crippen LogP contribution is 2.15. The van der Waals surface area contributed by atoms with Gasteiger partial charge >= 0.3 is 0 Å². The summed E-state index contributed by atoms with van der Waals surface area (Å²) in [5, 5.41) is 0. The molecule has 2 unspecified atom stereocenters. The third kappa shape index (κ3) is 4.92. The van der Waals surface area contributed by atoms with Crippen LogP contribution in [0.25, 0.3) is 0 Å². The number of nitrogens with two attached hydrogens (primary N) is 1. The van der Waals surface area contributed by atoms with E-state index in [-0.39, 0.29) is 36.0 Å². The highest BCUT2D eigenvalue weighted by atomic mass is 35.5. The van der Waals surface area contributed by atoms with E-state index in [0.29, 0.717) is 37.3 Å². The second-order valence-electron chi connectivity index (χ2n) is 6.49. The molecule has 0 aromatic heterocycles. The van der Waals surface area contributed by atoms with Crippen molar-refractivity contribution in [2.45, 2.75) is 33.2 Å². The number of benzene rings is 1. The maximum absolute atomic E-state index is 13.6. The molecular formula is C18H27ClFN3O2. The molecule has 1 fully saturated rings. The van der Waals surface area contributed by atoms with Gasteiger partial charge in [-0.25, -0.2) is 4.39 Å². The molecule has 2 amide bonds. The van der Waals surface area contributed by atoms with Gasteiger partial charge in [-0.15, -0.1) is 12.4 Å². The fourth-order valence-electron chi connectivity index (χ4n) is 2.75. The molecule has 0 radical (unpaired) electrons. The Labute approximate surface area is 154 Å². The topological polar surface area (TPSA) is 66.6 Å². The normalized spacial score (nSPS) is 16.8. The predicted octanol–water partition coefficient (Wildman–Crippen LogP) is 2.21. The zero-order valence-corrected chi connectivity index (χ0v) is 15.8. The number of amides is 2. The van der Waals surface area contributed by atoms with E-state index >= 15 is 0 Å². The van der Waals surface area contributed by atoms with Crippen LogP contribution in [0.5, 0.6) is 0 Å². The molecule has 7 heteroatoms. The minimum absolute atomic E-state index is 0. The highest BCUT2D eigenvalue weighted by molar-refractivity contribution is 5.94. The van der Waals surface area contributed by atoms with Crippen LogP contribution in [-0.4, -0.2) is 53.8 Å². The lowest BCUT2D eigenvalue weighted by molar-refractivity contribution is -0.135. The first kappa shape index (κ1) is 21.4. The second kappa shape index (κ2) is 9.15. The third-order valence-electron chi connectivity index (χ3n) is 4.84. The van der Waals surface area contributed by atoms with Gasteiger partial charge in [-0.3, -0.25) is 9.59 Å². The molecule has 0 aliphatic carbocycles. The van der Waals surface area contributed by atoms with Crippen molar-refractivity contribution in [1.29, 1.82) is 0 Å². The van der Waals surface area contributed by atoms with Gasteiger partial charge in [0.15, 0.2) is 0 Å². The standard InChI is InChI=1S/C18H26FN3O2.ClH/c1-4-12(2)16(20)18(24)22-9-7-21(8-10-22)17(23)14-6-5-13(3)15(19)11-14;/h5-6,11-12,16H,4,7-10,20H2,1-3H3;1H. The maximum atomic E-state index is 13.6. The van der Waals surface area contributed by atoms with E-state index in [1.165, 1.54) is 6.07 Å². The Morgan fingerprint density at radius 3 is 2.28 bits per heavy atom. The van der Waals surface area contributed by atoms with Crippen molar-refractivity contribution in [2.75, 3.05) is 26.2 Å². The molecule has 2 rings (SSSR count). The van der Waals surface area contributed by atoms with E-state index in [4.69, 9.17) is 5.73 Å². The number of aryl methyl sites for hydroxylation is 1. The van der Waals surface area contributed by atoms with E-state index in [2.05, 4.69) is 0 Å². The summed E-state index contributed by atoms with van der Waals surface area (Å²) < 4.78 is 13.6. The van der Waals surface area contributed by atoms with Gasteiger partial charge in [-0.1, -0.05) is 26.3 Å². The lowest BCUT2D eigenvalue weighted by Gasteiger charge is -2.36. The van der Waals surface area contributed by atoms with Gasteiger partial charge in [-0.2, -0.15) is 0 Å². The first-order chi connectivity index (χ1) is 11.3. The number of carbonyl (C=O) groups is 2. The van der Waals surface area contributed by atoms with Crippen LogP contribution in [0.1, 0.15) is 36.2 Å². The molecule has 0 spiro atoms. The van der Waals surface area contributed by atoms with Gasteiger partial charge < -0.3 is 15.5 Å². The Morgan fingerprint density at radius 2 is 1.76 bits per heavy atom. The molecule has 25 heavy (non-hydrogen) atoms. The van der Waals surface area contributed by atoms with Crippen LogP contribution < -0.4 is 5.73 Å². The van der Waals surface area contributed by atoms with Crippen molar-refractivity contribution in [1.82, 2.24) is 9.80 Å². The Bertz CT molecular complexity index is 618. The highest BCUT2D eigenvalue weighted by Gasteiger charge is 2.29. The minimum Gasteiger partial charge on any atom is -0.338 e. The molecule has 1 aliphatic rings. The molecule has 2 atom stereocenters. The molecule has 1 heterocycles. The zero-order chi connectivity index (χ0) is 17.9. The van der Waals surface area contributed by atoms with Crippen LogP contribution in [-0.2, 0) is 4.79 Å². The monoisotopic (exact) mass is 371 g/mol. The van der Waals surface area contributed by atoms with Crippen LogP contribution in [0.15, 0.2) is 18.2 Å². The van der Waals surface area contributed by atoms with E-state index in [1.54, 1.807) is 28.9 Å².